The van der Waals surface area contributed by atoms with E-state index in [4.69, 9.17) is 9.84 Å². The Morgan fingerprint density at radius 1 is 1.00 bits per heavy atom. The van der Waals surface area contributed by atoms with Crippen molar-refractivity contribution in [2.24, 2.45) is 0 Å². The Bertz CT molecular complexity index is 616. The maximum atomic E-state index is 11.8. The molecule has 0 saturated carbocycles. The summed E-state index contributed by atoms with van der Waals surface area (Å²) < 4.78 is 5.02. The predicted octanol–water partition coefficient (Wildman–Crippen LogP) is 1.68. The molecule has 2 aromatic carbocycles. The number of rotatable bonds is 3. The van der Waals surface area contributed by atoms with Crippen LogP contribution in [0.2, 0.25) is 0 Å². The zero-order valence-electron chi connectivity index (χ0n) is 9.70. The van der Waals surface area contributed by atoms with Crippen LogP contribution in [-0.2, 0) is 0 Å². The highest BCUT2D eigenvalue weighted by Gasteiger charge is 2.11. The molecule has 2 rings (SSSR count). The van der Waals surface area contributed by atoms with Crippen LogP contribution in [0.3, 0.4) is 0 Å². The molecule has 0 amide bonds. The van der Waals surface area contributed by atoms with E-state index in [1.54, 1.807) is 0 Å². The van der Waals surface area contributed by atoms with Gasteiger partial charge in [0.15, 0.2) is 0 Å². The Morgan fingerprint density at radius 3 is 2.26 bits per heavy atom. The lowest BCUT2D eigenvalue weighted by Gasteiger charge is -2.07. The van der Waals surface area contributed by atoms with Gasteiger partial charge in [0.05, 0.1) is 11.1 Å². The molecule has 19 heavy (non-hydrogen) atoms. The number of hydrogen-bond donors (Lipinski definition) is 1. The van der Waals surface area contributed by atoms with E-state index >= 15 is 0 Å². The predicted molar refractivity (Wildman–Crippen MR) is 64.2 cm³/mol. The van der Waals surface area contributed by atoms with Crippen LogP contribution in [0.25, 0.3) is 0 Å². The fourth-order valence-electron chi connectivity index (χ4n) is 1.45. The standard InChI is InChI=1S/C14H10O5/c15-11-4-6-12(7-5-11)19-14(18)10-3-1-2-9(8-10)13(16)17/h1-8,15H,(H,16,17)/p-1. The summed E-state index contributed by atoms with van der Waals surface area (Å²) in [6.45, 7) is 0. The van der Waals surface area contributed by atoms with Crippen molar-refractivity contribution in [2.75, 3.05) is 0 Å². The second kappa shape index (κ2) is 5.22. The number of carboxylic acid groups (broad SMARTS) is 1. The number of hydrogen-bond acceptors (Lipinski definition) is 4. The van der Waals surface area contributed by atoms with E-state index in [-0.39, 0.29) is 22.6 Å². The average Bonchev–Trinajstić information content (AvgIpc) is 2.41. The first-order chi connectivity index (χ1) is 9.06. The highest BCUT2D eigenvalue weighted by molar-refractivity contribution is 5.95. The van der Waals surface area contributed by atoms with Gasteiger partial charge >= 0.3 is 11.9 Å². The number of aromatic carboxylic acids is 1. The summed E-state index contributed by atoms with van der Waals surface area (Å²) in [6.07, 6.45) is 0. The highest BCUT2D eigenvalue weighted by Crippen LogP contribution is 2.16. The molecule has 2 aromatic rings. The van der Waals surface area contributed by atoms with Crippen molar-refractivity contribution in [3.8, 4) is 11.5 Å². The average molecular weight is 257 g/mol. The molecule has 0 spiro atoms. The first kappa shape index (κ1) is 12.6. The molecule has 1 N–H and O–H groups in total. The molecule has 0 atom stereocenters. The fraction of sp³-hybridized carbons (Fsp3) is 0. The van der Waals surface area contributed by atoms with E-state index in [0.717, 1.165) is 0 Å². The third kappa shape index (κ3) is 3.10. The van der Waals surface area contributed by atoms with Gasteiger partial charge < -0.3 is 14.9 Å². The Kier molecular flexibility index (Phi) is 3.47. The van der Waals surface area contributed by atoms with E-state index < -0.39 is 11.9 Å². The lowest BCUT2D eigenvalue weighted by atomic mass is 10.1. The van der Waals surface area contributed by atoms with Gasteiger partial charge in [0.25, 0.3) is 0 Å². The van der Waals surface area contributed by atoms with Crippen molar-refractivity contribution in [1.82, 2.24) is 0 Å². The molecule has 96 valence electrons. The Balaban J connectivity index is 2.18. The van der Waals surface area contributed by atoms with Crippen molar-refractivity contribution in [2.45, 2.75) is 0 Å². The van der Waals surface area contributed by atoms with Crippen LogP contribution in [0, 0.1) is 0 Å². The van der Waals surface area contributed by atoms with Gasteiger partial charge in [-0.15, -0.1) is 5.75 Å². The molecule has 0 fully saturated rings. The molecular weight excluding hydrogens is 248 g/mol. The SMILES string of the molecule is O=C(O)c1cccc(C(=O)Oc2ccc([O-])cc2)c1. The van der Waals surface area contributed by atoms with Crippen molar-refractivity contribution >= 4 is 11.9 Å². The monoisotopic (exact) mass is 257 g/mol. The lowest BCUT2D eigenvalue weighted by Crippen LogP contribution is -2.09. The van der Waals surface area contributed by atoms with Gasteiger partial charge in [-0.05, 0) is 30.3 Å². The topological polar surface area (TPSA) is 86.7 Å². The summed E-state index contributed by atoms with van der Waals surface area (Å²) in [5, 5.41) is 19.7. The Hall–Kier alpha value is -2.82. The fourth-order valence-corrected chi connectivity index (χ4v) is 1.45. The van der Waals surface area contributed by atoms with Gasteiger partial charge in [-0.25, -0.2) is 9.59 Å². The van der Waals surface area contributed by atoms with Gasteiger partial charge in [0, 0.05) is 0 Å². The van der Waals surface area contributed by atoms with Gasteiger partial charge in [0.1, 0.15) is 5.75 Å². The number of carbonyl (C=O) groups is 2. The summed E-state index contributed by atoms with van der Waals surface area (Å²) in [5.74, 6) is -1.76. The minimum atomic E-state index is -1.12. The number of esters is 1. The maximum absolute atomic E-state index is 11.8. The molecule has 0 heterocycles. The van der Waals surface area contributed by atoms with E-state index in [1.807, 2.05) is 0 Å². The van der Waals surface area contributed by atoms with Crippen LogP contribution in [0.4, 0.5) is 0 Å². The van der Waals surface area contributed by atoms with E-state index in [0.29, 0.717) is 0 Å². The van der Waals surface area contributed by atoms with Crippen molar-refractivity contribution in [3.05, 3.63) is 59.7 Å². The molecule has 0 aliphatic rings. The van der Waals surface area contributed by atoms with E-state index in [1.165, 1.54) is 48.5 Å². The van der Waals surface area contributed by atoms with Crippen molar-refractivity contribution in [1.29, 1.82) is 0 Å². The Morgan fingerprint density at radius 2 is 1.63 bits per heavy atom. The molecule has 0 aliphatic carbocycles. The largest absolute Gasteiger partial charge is 0.872 e. The second-order valence-electron chi connectivity index (χ2n) is 3.75. The smallest absolute Gasteiger partial charge is 0.343 e. The highest BCUT2D eigenvalue weighted by atomic mass is 16.5. The van der Waals surface area contributed by atoms with E-state index in [2.05, 4.69) is 0 Å². The van der Waals surface area contributed by atoms with Crippen LogP contribution in [-0.4, -0.2) is 17.0 Å². The van der Waals surface area contributed by atoms with Crippen molar-refractivity contribution in [3.63, 3.8) is 0 Å². The van der Waals surface area contributed by atoms with Crippen LogP contribution in [0.15, 0.2) is 48.5 Å². The minimum Gasteiger partial charge on any atom is -0.872 e. The zero-order chi connectivity index (χ0) is 13.8. The first-order valence-electron chi connectivity index (χ1n) is 5.39. The van der Waals surface area contributed by atoms with Gasteiger partial charge in [-0.2, -0.15) is 0 Å². The summed E-state index contributed by atoms with van der Waals surface area (Å²) in [6, 6.07) is 10.8. The normalized spacial score (nSPS) is 9.89. The number of carbonyl (C=O) groups excluding carboxylic acids is 1. The van der Waals surface area contributed by atoms with Gasteiger partial charge in [0.2, 0.25) is 0 Å². The molecule has 0 bridgehead atoms. The first-order valence-corrected chi connectivity index (χ1v) is 5.39. The molecule has 5 heteroatoms. The summed E-state index contributed by atoms with van der Waals surface area (Å²) >= 11 is 0. The molecular formula is C14H9O5-. The number of ether oxygens (including phenoxy) is 1. The van der Waals surface area contributed by atoms with Gasteiger partial charge in [-0.3, -0.25) is 0 Å². The van der Waals surface area contributed by atoms with Crippen LogP contribution >= 0.6 is 0 Å². The molecule has 0 unspecified atom stereocenters. The quantitative estimate of drug-likeness (QED) is 0.667. The third-order valence-electron chi connectivity index (χ3n) is 2.38. The molecule has 0 saturated heterocycles. The van der Waals surface area contributed by atoms with Gasteiger partial charge in [-0.1, -0.05) is 18.2 Å². The summed E-state index contributed by atoms with van der Waals surface area (Å²) in [5.41, 5.74) is 0.135. The molecule has 0 aliphatic heterocycles. The lowest BCUT2D eigenvalue weighted by molar-refractivity contribution is -0.268. The van der Waals surface area contributed by atoms with Crippen LogP contribution in [0.1, 0.15) is 20.7 Å². The molecule has 0 radical (unpaired) electrons. The number of benzene rings is 2. The van der Waals surface area contributed by atoms with Crippen LogP contribution < -0.4 is 9.84 Å². The Labute approximate surface area is 108 Å². The van der Waals surface area contributed by atoms with Crippen molar-refractivity contribution < 1.29 is 24.5 Å². The minimum absolute atomic E-state index is 0.00403. The second-order valence-corrected chi connectivity index (χ2v) is 3.75. The van der Waals surface area contributed by atoms with E-state index in [9.17, 15) is 14.7 Å². The summed E-state index contributed by atoms with van der Waals surface area (Å²) in [7, 11) is 0. The molecule has 0 aromatic heterocycles. The number of carboxylic acids is 1. The third-order valence-corrected chi connectivity index (χ3v) is 2.38. The van der Waals surface area contributed by atoms with Crippen LogP contribution in [0.5, 0.6) is 11.5 Å². The summed E-state index contributed by atoms with van der Waals surface area (Å²) in [4.78, 5) is 22.6. The molecule has 5 nitrogen and oxygen atoms in total. The zero-order valence-corrected chi connectivity index (χ0v) is 9.70. The maximum Gasteiger partial charge on any atom is 0.343 e.